The van der Waals surface area contributed by atoms with E-state index in [1.807, 2.05) is 12.1 Å². The number of hydrogen-bond acceptors (Lipinski definition) is 1. The van der Waals surface area contributed by atoms with Crippen LogP contribution in [0.2, 0.25) is 5.02 Å². The molecule has 1 aromatic carbocycles. The fraction of sp³-hybridized carbons (Fsp3) is 0.571. The van der Waals surface area contributed by atoms with Gasteiger partial charge in [-0.05, 0) is 44.6 Å². The molecule has 0 amide bonds. The van der Waals surface area contributed by atoms with Gasteiger partial charge in [-0.15, -0.1) is 0 Å². The molecule has 0 aliphatic heterocycles. The van der Waals surface area contributed by atoms with Crippen LogP contribution in [-0.4, -0.2) is 19.0 Å². The van der Waals surface area contributed by atoms with Gasteiger partial charge in [0.25, 0.3) is 0 Å². The van der Waals surface area contributed by atoms with E-state index in [0.29, 0.717) is 0 Å². The molecule has 1 fully saturated rings. The molecule has 0 bridgehead atoms. The highest BCUT2D eigenvalue weighted by atomic mass is 35.5. The zero-order valence-corrected chi connectivity index (χ0v) is 10.9. The maximum absolute atomic E-state index is 5.96. The molecule has 0 saturated heterocycles. The number of nitrogens with zero attached hydrogens (tertiary/aromatic N) is 1. The summed E-state index contributed by atoms with van der Waals surface area (Å²) in [6.07, 6.45) is 6.58. The molecule has 0 heterocycles. The highest BCUT2D eigenvalue weighted by molar-refractivity contribution is 6.30. The molecule has 0 radical (unpaired) electrons. The lowest BCUT2D eigenvalue weighted by atomic mass is 9.76. The fourth-order valence-corrected chi connectivity index (χ4v) is 3.02. The van der Waals surface area contributed by atoms with Crippen molar-refractivity contribution in [3.8, 4) is 0 Å². The topological polar surface area (TPSA) is 3.24 Å². The fourth-order valence-electron chi connectivity index (χ4n) is 2.89. The Morgan fingerprint density at radius 2 is 1.56 bits per heavy atom. The minimum Gasteiger partial charge on any atom is -0.300 e. The Morgan fingerprint density at radius 3 is 2.06 bits per heavy atom. The molecular weight excluding hydrogens is 218 g/mol. The van der Waals surface area contributed by atoms with Crippen LogP contribution in [0.3, 0.4) is 0 Å². The lowest BCUT2D eigenvalue weighted by Gasteiger charge is -2.43. The van der Waals surface area contributed by atoms with E-state index in [4.69, 9.17) is 11.6 Å². The van der Waals surface area contributed by atoms with Crippen LogP contribution in [0.25, 0.3) is 0 Å². The van der Waals surface area contributed by atoms with E-state index in [1.165, 1.54) is 37.7 Å². The molecule has 1 aliphatic rings. The van der Waals surface area contributed by atoms with Crippen molar-refractivity contribution in [2.45, 2.75) is 37.6 Å². The third-order valence-corrected chi connectivity index (χ3v) is 4.17. The lowest BCUT2D eigenvalue weighted by molar-refractivity contribution is 0.0989. The molecule has 0 unspecified atom stereocenters. The van der Waals surface area contributed by atoms with Crippen molar-refractivity contribution in [2.75, 3.05) is 14.1 Å². The van der Waals surface area contributed by atoms with Crippen LogP contribution in [-0.2, 0) is 5.54 Å². The first-order chi connectivity index (χ1) is 7.65. The second-order valence-corrected chi connectivity index (χ2v) is 5.43. The van der Waals surface area contributed by atoms with Crippen molar-refractivity contribution in [3.05, 3.63) is 34.9 Å². The van der Waals surface area contributed by atoms with E-state index in [1.54, 1.807) is 0 Å². The summed E-state index contributed by atoms with van der Waals surface area (Å²) < 4.78 is 0. The van der Waals surface area contributed by atoms with Crippen molar-refractivity contribution in [3.63, 3.8) is 0 Å². The third-order valence-electron chi connectivity index (χ3n) is 3.92. The Kier molecular flexibility index (Phi) is 3.56. The van der Waals surface area contributed by atoms with E-state index in [9.17, 15) is 0 Å². The molecule has 1 aromatic rings. The Bertz CT molecular complexity index is 336. The Morgan fingerprint density at radius 1 is 1.00 bits per heavy atom. The molecule has 1 nitrogen and oxygen atoms in total. The minimum absolute atomic E-state index is 0.239. The molecule has 0 aromatic heterocycles. The van der Waals surface area contributed by atoms with Gasteiger partial charge in [-0.2, -0.15) is 0 Å². The zero-order valence-electron chi connectivity index (χ0n) is 10.2. The van der Waals surface area contributed by atoms with Crippen LogP contribution >= 0.6 is 11.6 Å². The van der Waals surface area contributed by atoms with Crippen LogP contribution < -0.4 is 0 Å². The van der Waals surface area contributed by atoms with Crippen LogP contribution in [0.5, 0.6) is 0 Å². The summed E-state index contributed by atoms with van der Waals surface area (Å²) in [6.45, 7) is 0. The van der Waals surface area contributed by atoms with Gasteiger partial charge in [0, 0.05) is 10.6 Å². The van der Waals surface area contributed by atoms with Gasteiger partial charge in [-0.1, -0.05) is 43.0 Å². The summed E-state index contributed by atoms with van der Waals surface area (Å²) in [5.74, 6) is 0. The maximum atomic E-state index is 5.96. The Balaban J connectivity index is 2.34. The summed E-state index contributed by atoms with van der Waals surface area (Å²) in [7, 11) is 4.39. The first-order valence-corrected chi connectivity index (χ1v) is 6.46. The number of hydrogen-bond donors (Lipinski definition) is 0. The summed E-state index contributed by atoms with van der Waals surface area (Å²) in [4.78, 5) is 2.38. The summed E-state index contributed by atoms with van der Waals surface area (Å²) in [5, 5.41) is 0.827. The molecule has 2 rings (SSSR count). The number of benzene rings is 1. The first-order valence-electron chi connectivity index (χ1n) is 6.09. The van der Waals surface area contributed by atoms with Crippen molar-refractivity contribution in [2.24, 2.45) is 0 Å². The van der Waals surface area contributed by atoms with Crippen LogP contribution in [0.4, 0.5) is 0 Å². The average molecular weight is 238 g/mol. The predicted octanol–water partition coefficient (Wildman–Crippen LogP) is 4.06. The molecule has 0 N–H and O–H groups in total. The largest absolute Gasteiger partial charge is 0.300 e. The van der Waals surface area contributed by atoms with Gasteiger partial charge in [0.1, 0.15) is 0 Å². The SMILES string of the molecule is CN(C)C1(c2ccc(Cl)cc2)CCCCC1. The highest BCUT2D eigenvalue weighted by Gasteiger charge is 2.35. The summed E-state index contributed by atoms with van der Waals surface area (Å²) in [6, 6.07) is 8.40. The molecule has 1 saturated carbocycles. The smallest absolute Gasteiger partial charge is 0.0454 e. The summed E-state index contributed by atoms with van der Waals surface area (Å²) >= 11 is 5.96. The van der Waals surface area contributed by atoms with Crippen LogP contribution in [0, 0.1) is 0 Å². The molecule has 16 heavy (non-hydrogen) atoms. The molecule has 88 valence electrons. The number of rotatable bonds is 2. The molecular formula is C14H20ClN. The normalized spacial score (nSPS) is 20.0. The predicted molar refractivity (Wildman–Crippen MR) is 69.9 cm³/mol. The first kappa shape index (κ1) is 11.9. The zero-order chi connectivity index (χ0) is 11.6. The van der Waals surface area contributed by atoms with Crippen molar-refractivity contribution in [1.29, 1.82) is 0 Å². The van der Waals surface area contributed by atoms with E-state index in [-0.39, 0.29) is 5.54 Å². The standard InChI is InChI=1S/C14H20ClN/c1-16(2)14(10-4-3-5-11-14)12-6-8-13(15)9-7-12/h6-9H,3-5,10-11H2,1-2H3. The average Bonchev–Trinajstić information content (AvgIpc) is 2.30. The monoisotopic (exact) mass is 237 g/mol. The van der Waals surface area contributed by atoms with Crippen molar-refractivity contribution in [1.82, 2.24) is 4.90 Å². The van der Waals surface area contributed by atoms with E-state index in [0.717, 1.165) is 5.02 Å². The van der Waals surface area contributed by atoms with Crippen LogP contribution in [0.1, 0.15) is 37.7 Å². The third kappa shape index (κ3) is 2.11. The molecule has 0 spiro atoms. The van der Waals surface area contributed by atoms with Gasteiger partial charge in [-0.25, -0.2) is 0 Å². The minimum atomic E-state index is 0.239. The second-order valence-electron chi connectivity index (χ2n) is 4.99. The van der Waals surface area contributed by atoms with Gasteiger partial charge < -0.3 is 0 Å². The van der Waals surface area contributed by atoms with E-state index in [2.05, 4.69) is 31.1 Å². The van der Waals surface area contributed by atoms with Crippen molar-refractivity contribution < 1.29 is 0 Å². The van der Waals surface area contributed by atoms with Gasteiger partial charge in [-0.3, -0.25) is 4.90 Å². The van der Waals surface area contributed by atoms with Crippen molar-refractivity contribution >= 4 is 11.6 Å². The maximum Gasteiger partial charge on any atom is 0.0454 e. The van der Waals surface area contributed by atoms with E-state index < -0.39 is 0 Å². The Hall–Kier alpha value is -0.530. The quantitative estimate of drug-likeness (QED) is 0.750. The van der Waals surface area contributed by atoms with Gasteiger partial charge in [0.05, 0.1) is 0 Å². The second kappa shape index (κ2) is 4.77. The molecule has 2 heteroatoms. The molecule has 1 aliphatic carbocycles. The van der Waals surface area contributed by atoms with Crippen LogP contribution in [0.15, 0.2) is 24.3 Å². The van der Waals surface area contributed by atoms with Gasteiger partial charge in [0.15, 0.2) is 0 Å². The lowest BCUT2D eigenvalue weighted by Crippen LogP contribution is -2.42. The van der Waals surface area contributed by atoms with Gasteiger partial charge >= 0.3 is 0 Å². The summed E-state index contributed by atoms with van der Waals surface area (Å²) in [5.41, 5.74) is 1.66. The highest BCUT2D eigenvalue weighted by Crippen LogP contribution is 2.41. The number of halogens is 1. The van der Waals surface area contributed by atoms with Gasteiger partial charge in [0.2, 0.25) is 0 Å². The Labute approximate surface area is 103 Å². The molecule has 0 atom stereocenters. The van der Waals surface area contributed by atoms with E-state index >= 15 is 0 Å².